The van der Waals surface area contributed by atoms with Gasteiger partial charge in [-0.25, -0.2) is 0 Å². The van der Waals surface area contributed by atoms with Crippen LogP contribution in [0.4, 0.5) is 0 Å². The van der Waals surface area contributed by atoms with E-state index in [4.69, 9.17) is 11.6 Å². The minimum absolute atomic E-state index is 0. The molecule has 0 unspecified atom stereocenters. The van der Waals surface area contributed by atoms with Crippen LogP contribution in [0.15, 0.2) is 30.6 Å². The van der Waals surface area contributed by atoms with Crippen LogP contribution in [-0.4, -0.2) is 14.8 Å². The Morgan fingerprint density at radius 1 is 1.29 bits per heavy atom. The van der Waals surface area contributed by atoms with Gasteiger partial charge < -0.3 is 0 Å². The lowest BCUT2D eigenvalue weighted by molar-refractivity contribution is 0.537. The van der Waals surface area contributed by atoms with E-state index in [-0.39, 0.29) is 12.4 Å². The normalized spacial score (nSPS) is 10.4. The highest BCUT2D eigenvalue weighted by molar-refractivity contribution is 6.17. The Labute approximate surface area is 112 Å². The number of alkyl halides is 1. The van der Waals surface area contributed by atoms with Crippen LogP contribution in [0.5, 0.6) is 0 Å². The molecule has 0 aliphatic rings. The van der Waals surface area contributed by atoms with Crippen molar-refractivity contribution >= 4 is 24.0 Å². The summed E-state index contributed by atoms with van der Waals surface area (Å²) in [6.45, 7) is 4.19. The lowest BCUT2D eigenvalue weighted by Crippen LogP contribution is -2.06. The van der Waals surface area contributed by atoms with E-state index in [0.29, 0.717) is 11.9 Å². The predicted molar refractivity (Wildman–Crippen MR) is 72.6 cm³/mol. The summed E-state index contributed by atoms with van der Waals surface area (Å²) in [7, 11) is 0. The number of aromatic nitrogens is 3. The summed E-state index contributed by atoms with van der Waals surface area (Å²) in [6.07, 6.45) is 3.57. The molecule has 0 aliphatic heterocycles. The molecule has 0 saturated carbocycles. The van der Waals surface area contributed by atoms with E-state index < -0.39 is 0 Å². The molecule has 2 aromatic rings. The van der Waals surface area contributed by atoms with Gasteiger partial charge in [-0.05, 0) is 31.5 Å². The Kier molecular flexibility index (Phi) is 4.97. The Morgan fingerprint density at radius 3 is 2.71 bits per heavy atom. The topological polar surface area (TPSA) is 30.7 Å². The van der Waals surface area contributed by atoms with Crippen LogP contribution in [-0.2, 0) is 5.88 Å². The zero-order chi connectivity index (χ0) is 11.5. The van der Waals surface area contributed by atoms with E-state index in [1.807, 2.05) is 22.9 Å². The van der Waals surface area contributed by atoms with Gasteiger partial charge in [-0.2, -0.15) is 5.10 Å². The number of rotatable bonds is 3. The molecule has 2 aromatic heterocycles. The maximum atomic E-state index is 5.91. The van der Waals surface area contributed by atoms with Gasteiger partial charge in [0.05, 0.1) is 11.4 Å². The highest BCUT2D eigenvalue weighted by Crippen LogP contribution is 2.24. The highest BCUT2D eigenvalue weighted by Gasteiger charge is 2.12. The summed E-state index contributed by atoms with van der Waals surface area (Å²) >= 11 is 5.91. The largest absolute Gasteiger partial charge is 0.261 e. The van der Waals surface area contributed by atoms with Crippen LogP contribution in [0, 0.1) is 0 Å². The summed E-state index contributed by atoms with van der Waals surface area (Å²) in [5.74, 6) is 0.465. The SMILES string of the molecule is CC(C)n1nccc1-c1ncccc1CCl.Cl. The summed E-state index contributed by atoms with van der Waals surface area (Å²) in [5.41, 5.74) is 2.97. The van der Waals surface area contributed by atoms with Crippen LogP contribution in [0.2, 0.25) is 0 Å². The van der Waals surface area contributed by atoms with E-state index in [0.717, 1.165) is 17.0 Å². The average Bonchev–Trinajstić information content (AvgIpc) is 2.77. The first-order valence-corrected chi connectivity index (χ1v) is 5.81. The summed E-state index contributed by atoms with van der Waals surface area (Å²) in [4.78, 5) is 4.39. The predicted octanol–water partition coefficient (Wildman–Crippen LogP) is 3.69. The molecule has 0 aromatic carbocycles. The quantitative estimate of drug-likeness (QED) is 0.798. The monoisotopic (exact) mass is 271 g/mol. The van der Waals surface area contributed by atoms with E-state index in [1.165, 1.54) is 0 Å². The molecule has 0 atom stereocenters. The fourth-order valence-electron chi connectivity index (χ4n) is 1.69. The first-order valence-electron chi connectivity index (χ1n) is 5.27. The Bertz CT molecular complexity index is 480. The molecule has 0 amide bonds. The van der Waals surface area contributed by atoms with E-state index in [1.54, 1.807) is 12.4 Å². The number of halogens is 2. The van der Waals surface area contributed by atoms with Crippen molar-refractivity contribution in [3.05, 3.63) is 36.2 Å². The van der Waals surface area contributed by atoms with Crippen LogP contribution in [0.25, 0.3) is 11.4 Å². The van der Waals surface area contributed by atoms with Crippen molar-refractivity contribution in [1.82, 2.24) is 14.8 Å². The maximum absolute atomic E-state index is 5.91. The van der Waals surface area contributed by atoms with Crippen molar-refractivity contribution in [2.45, 2.75) is 25.8 Å². The van der Waals surface area contributed by atoms with Gasteiger partial charge in [-0.1, -0.05) is 6.07 Å². The highest BCUT2D eigenvalue weighted by atomic mass is 35.5. The Balaban J connectivity index is 0.00000144. The molecule has 0 fully saturated rings. The van der Waals surface area contributed by atoms with Gasteiger partial charge in [0.25, 0.3) is 0 Å². The zero-order valence-electron chi connectivity index (χ0n) is 9.80. The van der Waals surface area contributed by atoms with E-state index in [2.05, 4.69) is 23.9 Å². The lowest BCUT2D eigenvalue weighted by atomic mass is 10.1. The first kappa shape index (κ1) is 14.0. The molecule has 0 N–H and O–H groups in total. The third kappa shape index (κ3) is 2.79. The standard InChI is InChI=1S/C12H14ClN3.ClH/c1-9(2)16-11(5-7-15-16)12-10(8-13)4-3-6-14-12;/h3-7,9H,8H2,1-2H3;1H. The number of hydrogen-bond acceptors (Lipinski definition) is 2. The second kappa shape index (κ2) is 6.03. The number of hydrogen-bond donors (Lipinski definition) is 0. The molecule has 2 rings (SSSR count). The van der Waals surface area contributed by atoms with Crippen LogP contribution in [0.1, 0.15) is 25.5 Å². The van der Waals surface area contributed by atoms with Crippen molar-refractivity contribution in [3.63, 3.8) is 0 Å². The number of pyridine rings is 1. The van der Waals surface area contributed by atoms with Gasteiger partial charge >= 0.3 is 0 Å². The average molecular weight is 272 g/mol. The van der Waals surface area contributed by atoms with Crippen molar-refractivity contribution < 1.29 is 0 Å². The third-order valence-corrected chi connectivity index (χ3v) is 2.73. The Morgan fingerprint density at radius 2 is 2.06 bits per heavy atom. The van der Waals surface area contributed by atoms with Gasteiger partial charge in [0.15, 0.2) is 0 Å². The van der Waals surface area contributed by atoms with Crippen molar-refractivity contribution in [3.8, 4) is 11.4 Å². The molecule has 2 heterocycles. The lowest BCUT2D eigenvalue weighted by Gasteiger charge is -2.12. The second-order valence-corrected chi connectivity index (χ2v) is 4.17. The minimum atomic E-state index is 0. The summed E-state index contributed by atoms with van der Waals surface area (Å²) in [5, 5.41) is 4.30. The summed E-state index contributed by atoms with van der Waals surface area (Å²) in [6, 6.07) is 6.18. The molecular formula is C12H15Cl2N3. The molecule has 92 valence electrons. The van der Waals surface area contributed by atoms with E-state index >= 15 is 0 Å². The minimum Gasteiger partial charge on any atom is -0.261 e. The van der Waals surface area contributed by atoms with Crippen LogP contribution < -0.4 is 0 Å². The Hall–Kier alpha value is -1.06. The van der Waals surface area contributed by atoms with Crippen molar-refractivity contribution in [2.24, 2.45) is 0 Å². The molecule has 0 aliphatic carbocycles. The molecule has 3 nitrogen and oxygen atoms in total. The summed E-state index contributed by atoms with van der Waals surface area (Å²) < 4.78 is 1.96. The van der Waals surface area contributed by atoms with Crippen molar-refractivity contribution in [1.29, 1.82) is 0 Å². The first-order chi connectivity index (χ1) is 7.74. The van der Waals surface area contributed by atoms with E-state index in [9.17, 15) is 0 Å². The fraction of sp³-hybridized carbons (Fsp3) is 0.333. The van der Waals surface area contributed by atoms with Gasteiger partial charge in [-0.15, -0.1) is 24.0 Å². The second-order valence-electron chi connectivity index (χ2n) is 3.90. The molecular weight excluding hydrogens is 257 g/mol. The van der Waals surface area contributed by atoms with Gasteiger partial charge in [0, 0.05) is 24.3 Å². The van der Waals surface area contributed by atoms with Crippen LogP contribution >= 0.6 is 24.0 Å². The van der Waals surface area contributed by atoms with Crippen molar-refractivity contribution in [2.75, 3.05) is 0 Å². The smallest absolute Gasteiger partial charge is 0.0927 e. The molecule has 0 saturated heterocycles. The molecule has 0 spiro atoms. The fourth-order valence-corrected chi connectivity index (χ4v) is 1.91. The molecule has 5 heteroatoms. The molecule has 17 heavy (non-hydrogen) atoms. The number of nitrogens with zero attached hydrogens (tertiary/aromatic N) is 3. The maximum Gasteiger partial charge on any atom is 0.0927 e. The van der Waals surface area contributed by atoms with Crippen LogP contribution in [0.3, 0.4) is 0 Å². The third-order valence-electron chi connectivity index (χ3n) is 2.44. The van der Waals surface area contributed by atoms with Gasteiger partial charge in [0.2, 0.25) is 0 Å². The van der Waals surface area contributed by atoms with Gasteiger partial charge in [0.1, 0.15) is 0 Å². The van der Waals surface area contributed by atoms with Gasteiger partial charge in [-0.3, -0.25) is 9.67 Å². The molecule has 0 radical (unpaired) electrons. The zero-order valence-corrected chi connectivity index (χ0v) is 11.4. The molecule has 0 bridgehead atoms.